The molecule has 0 aliphatic heterocycles. The Morgan fingerprint density at radius 1 is 0.833 bits per heavy atom. The summed E-state index contributed by atoms with van der Waals surface area (Å²) in [5.41, 5.74) is 4.72. The predicted molar refractivity (Wildman–Crippen MR) is 75.8 cm³/mol. The second-order valence-electron chi connectivity index (χ2n) is 5.36. The number of carbonyl (C=O) groups excluding carboxylic acids is 1. The van der Waals surface area contributed by atoms with E-state index in [2.05, 4.69) is 0 Å². The lowest BCUT2D eigenvalue weighted by atomic mass is 10.1. The number of hydrogen-bond acceptors (Lipinski definition) is 2. The van der Waals surface area contributed by atoms with Gasteiger partial charge in [-0.2, -0.15) is 0 Å². The molecule has 8 heteroatoms. The first-order valence-electron chi connectivity index (χ1n) is 7.09. The van der Waals surface area contributed by atoms with Crippen molar-refractivity contribution in [3.63, 3.8) is 0 Å². The number of rotatable bonds is 3. The second-order valence-corrected chi connectivity index (χ2v) is 5.36. The number of hydrazine groups is 1. The van der Waals surface area contributed by atoms with Crippen LogP contribution < -0.4 is 10.9 Å². The summed E-state index contributed by atoms with van der Waals surface area (Å²) in [5, 5.41) is 0. The fourth-order valence-corrected chi connectivity index (χ4v) is 2.62. The fourth-order valence-electron chi connectivity index (χ4n) is 2.62. The Balaban J connectivity index is 1.80. The molecule has 0 saturated carbocycles. The molecule has 0 fully saturated rings. The van der Waals surface area contributed by atoms with Crippen LogP contribution in [-0.2, 0) is 12.8 Å². The summed E-state index contributed by atoms with van der Waals surface area (Å²) in [7, 11) is 0. The monoisotopic (exact) mass is 342 g/mol. The van der Waals surface area contributed by atoms with Crippen LogP contribution in [0.25, 0.3) is 0 Å². The summed E-state index contributed by atoms with van der Waals surface area (Å²) < 4.78 is 66.1. The normalized spacial score (nSPS) is 12.9. The highest BCUT2D eigenvalue weighted by Crippen LogP contribution is 2.27. The van der Waals surface area contributed by atoms with Gasteiger partial charge in [0.25, 0.3) is 5.91 Å². The molecule has 24 heavy (non-hydrogen) atoms. The van der Waals surface area contributed by atoms with E-state index in [4.69, 9.17) is 0 Å². The van der Waals surface area contributed by atoms with Crippen molar-refractivity contribution in [2.45, 2.75) is 19.3 Å². The van der Waals surface area contributed by atoms with Crippen molar-refractivity contribution in [1.82, 2.24) is 5.43 Å². The third kappa shape index (κ3) is 2.68. The lowest BCUT2D eigenvalue weighted by molar-refractivity contribution is 0.0962. The van der Waals surface area contributed by atoms with E-state index in [1.54, 1.807) is 17.6 Å². The topological polar surface area (TPSA) is 41.1 Å². The first-order chi connectivity index (χ1) is 11.4. The van der Waals surface area contributed by atoms with Crippen molar-refractivity contribution in [2.75, 3.05) is 5.43 Å². The summed E-state index contributed by atoms with van der Waals surface area (Å²) in [4.78, 5) is 12.0. The van der Waals surface area contributed by atoms with Crippen LogP contribution in [0.2, 0.25) is 0 Å². The molecule has 0 atom stereocenters. The lowest BCUT2D eigenvalue weighted by Crippen LogP contribution is -2.31. The molecule has 0 heterocycles. The number of nitrogens with one attached hydrogen (secondary N) is 2. The Kier molecular flexibility index (Phi) is 4.13. The highest BCUT2D eigenvalue weighted by atomic mass is 19.2. The Hall–Kier alpha value is -2.64. The van der Waals surface area contributed by atoms with Crippen LogP contribution in [0.3, 0.4) is 0 Å². The van der Waals surface area contributed by atoms with Crippen molar-refractivity contribution >= 4 is 11.6 Å². The average Bonchev–Trinajstić information content (AvgIpc) is 3.05. The molecule has 2 aromatic carbocycles. The van der Waals surface area contributed by atoms with Gasteiger partial charge in [0.2, 0.25) is 5.82 Å². The summed E-state index contributed by atoms with van der Waals surface area (Å²) in [6.45, 7) is 0. The van der Waals surface area contributed by atoms with Gasteiger partial charge >= 0.3 is 0 Å². The maximum atomic E-state index is 13.5. The van der Waals surface area contributed by atoms with E-state index < -0.39 is 40.7 Å². The molecule has 0 unspecified atom stereocenters. The van der Waals surface area contributed by atoms with Crippen LogP contribution in [0.4, 0.5) is 27.6 Å². The molecule has 1 aliphatic rings. The van der Waals surface area contributed by atoms with E-state index in [-0.39, 0.29) is 5.56 Å². The fraction of sp³-hybridized carbons (Fsp3) is 0.188. The molecule has 0 saturated heterocycles. The molecule has 0 spiro atoms. The third-order valence-corrected chi connectivity index (χ3v) is 3.87. The largest absolute Gasteiger partial charge is 0.293 e. The van der Waals surface area contributed by atoms with Crippen LogP contribution in [0.1, 0.15) is 27.9 Å². The van der Waals surface area contributed by atoms with Gasteiger partial charge in [0.1, 0.15) is 5.69 Å². The molecule has 0 bridgehead atoms. The van der Waals surface area contributed by atoms with E-state index in [0.717, 1.165) is 30.4 Å². The number of benzene rings is 2. The van der Waals surface area contributed by atoms with E-state index >= 15 is 0 Å². The summed E-state index contributed by atoms with van der Waals surface area (Å²) in [5.74, 6) is -11.3. The molecule has 3 nitrogen and oxygen atoms in total. The Morgan fingerprint density at radius 2 is 1.42 bits per heavy atom. The summed E-state index contributed by atoms with van der Waals surface area (Å²) >= 11 is 0. The standard InChI is InChI=1S/C16H11F5N2O/c17-10-11(18)13(20)15(14(21)12(10)19)22-23-16(24)9-5-4-7-2-1-3-8(7)6-9/h4-6,22H,1-3H2,(H,23,24). The van der Waals surface area contributed by atoms with Gasteiger partial charge in [0.15, 0.2) is 23.3 Å². The minimum Gasteiger partial charge on any atom is -0.293 e. The smallest absolute Gasteiger partial charge is 0.269 e. The molecule has 3 rings (SSSR count). The van der Waals surface area contributed by atoms with Crippen molar-refractivity contribution in [1.29, 1.82) is 0 Å². The molecule has 1 aliphatic carbocycles. The number of anilines is 1. The predicted octanol–water partition coefficient (Wildman–Crippen LogP) is 3.63. The Morgan fingerprint density at radius 3 is 2.08 bits per heavy atom. The Labute approximate surface area is 133 Å². The minimum absolute atomic E-state index is 0.215. The molecule has 2 N–H and O–H groups in total. The maximum Gasteiger partial charge on any atom is 0.269 e. The highest BCUT2D eigenvalue weighted by Gasteiger charge is 2.26. The molecule has 1 amide bonds. The lowest BCUT2D eigenvalue weighted by Gasteiger charge is -2.12. The molecule has 0 radical (unpaired) electrons. The molecular weight excluding hydrogens is 331 g/mol. The van der Waals surface area contributed by atoms with E-state index in [9.17, 15) is 26.7 Å². The van der Waals surface area contributed by atoms with Crippen molar-refractivity contribution in [3.05, 3.63) is 64.0 Å². The van der Waals surface area contributed by atoms with Gasteiger partial charge < -0.3 is 0 Å². The van der Waals surface area contributed by atoms with Gasteiger partial charge in [0.05, 0.1) is 0 Å². The third-order valence-electron chi connectivity index (χ3n) is 3.87. The number of halogens is 5. The van der Waals surface area contributed by atoms with Crippen LogP contribution >= 0.6 is 0 Å². The number of hydrogen-bond donors (Lipinski definition) is 2. The molecule has 2 aromatic rings. The zero-order valence-corrected chi connectivity index (χ0v) is 12.2. The first-order valence-corrected chi connectivity index (χ1v) is 7.09. The summed E-state index contributed by atoms with van der Waals surface area (Å²) in [6.07, 6.45) is 2.71. The average molecular weight is 342 g/mol. The van der Waals surface area contributed by atoms with Gasteiger partial charge in [-0.1, -0.05) is 6.07 Å². The van der Waals surface area contributed by atoms with Crippen LogP contribution in [-0.4, -0.2) is 5.91 Å². The zero-order chi connectivity index (χ0) is 17.4. The van der Waals surface area contributed by atoms with E-state index in [0.29, 0.717) is 0 Å². The molecular formula is C16H11F5N2O. The molecule has 0 aromatic heterocycles. The highest BCUT2D eigenvalue weighted by molar-refractivity contribution is 5.95. The van der Waals surface area contributed by atoms with Gasteiger partial charge in [-0.05, 0) is 42.5 Å². The SMILES string of the molecule is O=C(NNc1c(F)c(F)c(F)c(F)c1F)c1ccc2c(c1)CCC2. The maximum absolute atomic E-state index is 13.5. The van der Waals surface area contributed by atoms with Gasteiger partial charge in [-0.3, -0.25) is 15.6 Å². The zero-order valence-electron chi connectivity index (χ0n) is 12.2. The van der Waals surface area contributed by atoms with Crippen LogP contribution in [0.5, 0.6) is 0 Å². The Bertz CT molecular complexity index is 809. The van der Waals surface area contributed by atoms with E-state index in [1.165, 1.54) is 6.07 Å². The van der Waals surface area contributed by atoms with E-state index in [1.807, 2.05) is 5.43 Å². The number of amides is 1. The number of aryl methyl sites for hydroxylation is 2. The molecule has 126 valence electrons. The van der Waals surface area contributed by atoms with Gasteiger partial charge in [0, 0.05) is 5.56 Å². The van der Waals surface area contributed by atoms with Crippen LogP contribution in [0.15, 0.2) is 18.2 Å². The van der Waals surface area contributed by atoms with Gasteiger partial charge in [-0.25, -0.2) is 22.0 Å². The van der Waals surface area contributed by atoms with Gasteiger partial charge in [-0.15, -0.1) is 0 Å². The number of fused-ring (bicyclic) bond motifs is 1. The van der Waals surface area contributed by atoms with Crippen LogP contribution in [0, 0.1) is 29.1 Å². The minimum atomic E-state index is -2.26. The second kappa shape index (κ2) is 6.10. The van der Waals surface area contributed by atoms with Crippen molar-refractivity contribution in [2.24, 2.45) is 0 Å². The van der Waals surface area contributed by atoms with Crippen molar-refractivity contribution in [3.8, 4) is 0 Å². The van der Waals surface area contributed by atoms with Crippen molar-refractivity contribution < 1.29 is 26.7 Å². The summed E-state index contributed by atoms with van der Waals surface area (Å²) in [6, 6.07) is 4.94. The first kappa shape index (κ1) is 16.2. The quantitative estimate of drug-likeness (QED) is 0.387. The number of carbonyl (C=O) groups is 1.